The summed E-state index contributed by atoms with van der Waals surface area (Å²) in [6.07, 6.45) is 4.02. The number of anilines is 1. The Hall–Kier alpha value is -2.66. The molecule has 1 saturated heterocycles. The van der Waals surface area contributed by atoms with Gasteiger partial charge in [-0.1, -0.05) is 56.3 Å². The highest BCUT2D eigenvalue weighted by molar-refractivity contribution is 5.97. The van der Waals surface area contributed by atoms with Crippen molar-refractivity contribution in [2.75, 3.05) is 25.0 Å². The summed E-state index contributed by atoms with van der Waals surface area (Å²) in [6, 6.07) is 16.7. The van der Waals surface area contributed by atoms with Gasteiger partial charge in [0.2, 0.25) is 5.91 Å². The number of likely N-dealkylation sites (tertiary alicyclic amines) is 1. The predicted molar refractivity (Wildman–Crippen MR) is 121 cm³/mol. The first-order valence-electron chi connectivity index (χ1n) is 11.0. The molecule has 5 heteroatoms. The minimum atomic E-state index is -0.715. The Kier molecular flexibility index (Phi) is 8.03. The lowest BCUT2D eigenvalue weighted by atomic mass is 10.0. The van der Waals surface area contributed by atoms with Crippen LogP contribution in [0.5, 0.6) is 0 Å². The number of carbonyl (C=O) groups is 2. The van der Waals surface area contributed by atoms with Crippen LogP contribution in [0.2, 0.25) is 0 Å². The second kappa shape index (κ2) is 10.9. The molecule has 1 aliphatic rings. The van der Waals surface area contributed by atoms with Crippen molar-refractivity contribution in [2.45, 2.75) is 45.6 Å². The molecule has 1 heterocycles. The van der Waals surface area contributed by atoms with Crippen LogP contribution in [0.3, 0.4) is 0 Å². The molecule has 0 radical (unpaired) electrons. The van der Waals surface area contributed by atoms with Gasteiger partial charge >= 0.3 is 0 Å². The summed E-state index contributed by atoms with van der Waals surface area (Å²) in [5, 5.41) is 5.85. The van der Waals surface area contributed by atoms with Crippen LogP contribution in [0.1, 0.15) is 50.3 Å². The average molecular weight is 408 g/mol. The molecule has 2 N–H and O–H groups in total. The van der Waals surface area contributed by atoms with Crippen molar-refractivity contribution in [2.24, 2.45) is 5.92 Å². The van der Waals surface area contributed by atoms with Crippen molar-refractivity contribution in [1.29, 1.82) is 0 Å². The van der Waals surface area contributed by atoms with Crippen LogP contribution in [0.15, 0.2) is 54.6 Å². The number of nitrogens with zero attached hydrogens (tertiary/aromatic N) is 1. The minimum Gasteiger partial charge on any atom is -0.341 e. The summed E-state index contributed by atoms with van der Waals surface area (Å²) in [5.74, 6) is -0.119. The van der Waals surface area contributed by atoms with Crippen LogP contribution in [0, 0.1) is 5.92 Å². The van der Waals surface area contributed by atoms with E-state index in [2.05, 4.69) is 27.7 Å². The van der Waals surface area contributed by atoms with Crippen LogP contribution in [-0.4, -0.2) is 36.3 Å². The Morgan fingerprint density at radius 3 is 2.27 bits per heavy atom. The van der Waals surface area contributed by atoms with Gasteiger partial charge < -0.3 is 15.5 Å². The molecule has 0 spiro atoms. The van der Waals surface area contributed by atoms with Gasteiger partial charge in [0.1, 0.15) is 6.04 Å². The Balaban J connectivity index is 1.62. The topological polar surface area (TPSA) is 61.4 Å². The van der Waals surface area contributed by atoms with Gasteiger partial charge in [0.15, 0.2) is 0 Å². The van der Waals surface area contributed by atoms with Gasteiger partial charge in [-0.25, -0.2) is 0 Å². The van der Waals surface area contributed by atoms with E-state index in [1.807, 2.05) is 56.3 Å². The third-order valence-electron chi connectivity index (χ3n) is 5.43. The number of hydrogen-bond donors (Lipinski definition) is 2. The molecule has 1 atom stereocenters. The molecule has 2 aromatic carbocycles. The number of carbonyl (C=O) groups excluding carboxylic acids is 2. The first-order valence-corrected chi connectivity index (χ1v) is 11.0. The van der Waals surface area contributed by atoms with E-state index in [1.54, 1.807) is 0 Å². The SMILES string of the molecule is CC(C)CC(=O)NC(C(=O)Nc1ccc(CCN2CCCC2)cc1)c1ccccc1. The molecular weight excluding hydrogens is 374 g/mol. The second-order valence-corrected chi connectivity index (χ2v) is 8.49. The van der Waals surface area contributed by atoms with E-state index in [-0.39, 0.29) is 17.7 Å². The molecule has 3 rings (SSSR count). The molecule has 1 aliphatic heterocycles. The number of rotatable bonds is 9. The van der Waals surface area contributed by atoms with E-state index in [4.69, 9.17) is 0 Å². The lowest BCUT2D eigenvalue weighted by Gasteiger charge is -2.20. The fraction of sp³-hybridized carbons (Fsp3) is 0.440. The van der Waals surface area contributed by atoms with E-state index in [0.29, 0.717) is 6.42 Å². The molecule has 5 nitrogen and oxygen atoms in total. The molecular formula is C25H33N3O2. The molecule has 2 amide bonds. The number of nitrogens with one attached hydrogen (secondary N) is 2. The van der Waals surface area contributed by atoms with Crippen LogP contribution >= 0.6 is 0 Å². The highest BCUT2D eigenvalue weighted by atomic mass is 16.2. The zero-order valence-corrected chi connectivity index (χ0v) is 18.1. The quantitative estimate of drug-likeness (QED) is 0.656. The second-order valence-electron chi connectivity index (χ2n) is 8.49. The van der Waals surface area contributed by atoms with E-state index < -0.39 is 6.04 Å². The van der Waals surface area contributed by atoms with Crippen LogP contribution < -0.4 is 10.6 Å². The minimum absolute atomic E-state index is 0.119. The molecule has 0 aliphatic carbocycles. The highest BCUT2D eigenvalue weighted by Gasteiger charge is 2.23. The molecule has 0 aromatic heterocycles. The fourth-order valence-corrected chi connectivity index (χ4v) is 3.80. The smallest absolute Gasteiger partial charge is 0.251 e. The van der Waals surface area contributed by atoms with Crippen molar-refractivity contribution in [1.82, 2.24) is 10.2 Å². The third kappa shape index (κ3) is 6.70. The normalized spacial score (nSPS) is 15.2. The average Bonchev–Trinajstić information content (AvgIpc) is 3.25. The summed E-state index contributed by atoms with van der Waals surface area (Å²) in [7, 11) is 0. The molecule has 160 valence electrons. The van der Waals surface area contributed by atoms with Gasteiger partial charge in [-0.05, 0) is 61.5 Å². The molecule has 30 heavy (non-hydrogen) atoms. The number of hydrogen-bond acceptors (Lipinski definition) is 3. The predicted octanol–water partition coefficient (Wildman–Crippen LogP) is 4.17. The molecule has 1 unspecified atom stereocenters. The number of benzene rings is 2. The van der Waals surface area contributed by atoms with Gasteiger partial charge in [-0.2, -0.15) is 0 Å². The van der Waals surface area contributed by atoms with E-state index in [0.717, 1.165) is 24.2 Å². The summed E-state index contributed by atoms with van der Waals surface area (Å²) in [5.41, 5.74) is 2.78. The van der Waals surface area contributed by atoms with Crippen LogP contribution in [0.4, 0.5) is 5.69 Å². The first kappa shape index (κ1) is 22.0. The first-order chi connectivity index (χ1) is 14.5. The highest BCUT2D eigenvalue weighted by Crippen LogP contribution is 2.18. The third-order valence-corrected chi connectivity index (χ3v) is 5.43. The van der Waals surface area contributed by atoms with E-state index in [1.165, 1.54) is 31.5 Å². The maximum absolute atomic E-state index is 13.0. The van der Waals surface area contributed by atoms with Crippen molar-refractivity contribution in [3.05, 3.63) is 65.7 Å². The maximum Gasteiger partial charge on any atom is 0.251 e. The standard InChI is InChI=1S/C25H33N3O2/c1-19(2)18-23(29)27-24(21-8-4-3-5-9-21)25(30)26-22-12-10-20(11-13-22)14-17-28-15-6-7-16-28/h3-5,8-13,19,24H,6-7,14-18H2,1-2H3,(H,26,30)(H,27,29). The maximum atomic E-state index is 13.0. The fourth-order valence-electron chi connectivity index (χ4n) is 3.80. The molecule has 2 aromatic rings. The zero-order valence-electron chi connectivity index (χ0n) is 18.1. The molecule has 0 bridgehead atoms. The zero-order chi connectivity index (χ0) is 21.3. The monoisotopic (exact) mass is 407 g/mol. The Morgan fingerprint density at radius 1 is 0.967 bits per heavy atom. The Morgan fingerprint density at radius 2 is 1.63 bits per heavy atom. The van der Waals surface area contributed by atoms with Gasteiger partial charge in [0.25, 0.3) is 5.91 Å². The molecule has 0 saturated carbocycles. The summed E-state index contributed by atoms with van der Waals surface area (Å²) in [6.45, 7) is 7.48. The van der Waals surface area contributed by atoms with Gasteiger partial charge in [-0.15, -0.1) is 0 Å². The van der Waals surface area contributed by atoms with Crippen molar-refractivity contribution >= 4 is 17.5 Å². The van der Waals surface area contributed by atoms with E-state index >= 15 is 0 Å². The summed E-state index contributed by atoms with van der Waals surface area (Å²) >= 11 is 0. The van der Waals surface area contributed by atoms with Gasteiger partial charge in [-0.3, -0.25) is 9.59 Å². The largest absolute Gasteiger partial charge is 0.341 e. The van der Waals surface area contributed by atoms with Crippen molar-refractivity contribution in [3.8, 4) is 0 Å². The lowest BCUT2D eigenvalue weighted by molar-refractivity contribution is -0.127. The van der Waals surface area contributed by atoms with Gasteiger partial charge in [0, 0.05) is 18.7 Å². The Bertz CT molecular complexity index is 812. The summed E-state index contributed by atoms with van der Waals surface area (Å²) in [4.78, 5) is 27.8. The van der Waals surface area contributed by atoms with Crippen LogP contribution in [-0.2, 0) is 16.0 Å². The van der Waals surface area contributed by atoms with Crippen LogP contribution in [0.25, 0.3) is 0 Å². The van der Waals surface area contributed by atoms with Crippen molar-refractivity contribution in [3.63, 3.8) is 0 Å². The molecule has 1 fully saturated rings. The Labute approximate surface area is 179 Å². The lowest BCUT2D eigenvalue weighted by Crippen LogP contribution is -2.37. The van der Waals surface area contributed by atoms with Crippen molar-refractivity contribution < 1.29 is 9.59 Å². The summed E-state index contributed by atoms with van der Waals surface area (Å²) < 4.78 is 0. The van der Waals surface area contributed by atoms with Gasteiger partial charge in [0.05, 0.1) is 0 Å². The number of amides is 2. The van der Waals surface area contributed by atoms with E-state index in [9.17, 15) is 9.59 Å².